The maximum Gasteiger partial charge on any atom is 0.321 e. The van der Waals surface area contributed by atoms with Gasteiger partial charge in [-0.2, -0.15) is 0 Å². The van der Waals surface area contributed by atoms with Crippen LogP contribution >= 0.6 is 0 Å². The van der Waals surface area contributed by atoms with E-state index in [9.17, 15) is 4.79 Å². The summed E-state index contributed by atoms with van der Waals surface area (Å²) in [4.78, 5) is 16.7. The second-order valence-corrected chi connectivity index (χ2v) is 7.36. The molecule has 2 aromatic carbocycles. The molecule has 1 aliphatic heterocycles. The van der Waals surface area contributed by atoms with Crippen molar-refractivity contribution in [2.24, 2.45) is 5.92 Å². The molecular formula is C22H25N3O2. The molecule has 3 aromatic rings. The van der Waals surface area contributed by atoms with Gasteiger partial charge in [0.1, 0.15) is 11.3 Å². The summed E-state index contributed by atoms with van der Waals surface area (Å²) in [5.41, 5.74) is 2.89. The summed E-state index contributed by atoms with van der Waals surface area (Å²) in [6.07, 6.45) is 1.10. The first-order valence-electron chi connectivity index (χ1n) is 9.41. The predicted octanol–water partition coefficient (Wildman–Crippen LogP) is 4.73. The molecule has 140 valence electrons. The molecule has 1 aromatic heterocycles. The van der Waals surface area contributed by atoms with Crippen LogP contribution in [0.4, 0.5) is 16.2 Å². The largest absolute Gasteiger partial charge is 0.461 e. The number of furan rings is 1. The first-order chi connectivity index (χ1) is 13.1. The van der Waals surface area contributed by atoms with Gasteiger partial charge in [0.15, 0.2) is 0 Å². The van der Waals surface area contributed by atoms with Crippen LogP contribution in [0.25, 0.3) is 11.0 Å². The number of amides is 2. The fourth-order valence-electron chi connectivity index (χ4n) is 3.80. The lowest BCUT2D eigenvalue weighted by molar-refractivity contribution is 0.215. The van der Waals surface area contributed by atoms with Crippen LogP contribution in [0.5, 0.6) is 0 Å². The van der Waals surface area contributed by atoms with Crippen molar-refractivity contribution in [1.82, 2.24) is 4.90 Å². The number of nitrogens with one attached hydrogen (secondary N) is 1. The quantitative estimate of drug-likeness (QED) is 0.729. The zero-order valence-corrected chi connectivity index (χ0v) is 15.8. The van der Waals surface area contributed by atoms with Gasteiger partial charge < -0.3 is 19.5 Å². The molecule has 4 rings (SSSR count). The molecule has 0 radical (unpaired) electrons. The van der Waals surface area contributed by atoms with Crippen LogP contribution in [0.15, 0.2) is 59.0 Å². The Kier molecular flexibility index (Phi) is 4.75. The van der Waals surface area contributed by atoms with Crippen molar-refractivity contribution in [2.75, 3.05) is 36.9 Å². The number of aryl methyl sites for hydroxylation is 1. The number of fused-ring (bicyclic) bond motifs is 1. The molecule has 5 heteroatoms. The second-order valence-electron chi connectivity index (χ2n) is 7.36. The molecule has 1 fully saturated rings. The Labute approximate surface area is 159 Å². The average molecular weight is 363 g/mol. The molecule has 0 saturated carbocycles. The van der Waals surface area contributed by atoms with Gasteiger partial charge in [-0.3, -0.25) is 0 Å². The smallest absolute Gasteiger partial charge is 0.321 e. The molecule has 1 unspecified atom stereocenters. The number of nitrogens with zero attached hydrogens (tertiary/aromatic N) is 2. The fourth-order valence-corrected chi connectivity index (χ4v) is 3.80. The van der Waals surface area contributed by atoms with E-state index < -0.39 is 0 Å². The molecule has 1 N–H and O–H groups in total. The van der Waals surface area contributed by atoms with Gasteiger partial charge in [0.05, 0.1) is 0 Å². The Morgan fingerprint density at radius 2 is 2.04 bits per heavy atom. The third-order valence-corrected chi connectivity index (χ3v) is 5.18. The first-order valence-corrected chi connectivity index (χ1v) is 9.41. The standard InChI is InChI=1S/C22H25N3O2/c1-16-12-18-13-19(8-9-21(18)27-16)23-22(26)24(2)14-17-10-11-25(15-17)20-6-4-3-5-7-20/h3-9,12-13,17H,10-11,14-15H2,1-2H3,(H,23,26). The highest BCUT2D eigenvalue weighted by atomic mass is 16.3. The Morgan fingerprint density at radius 3 is 2.85 bits per heavy atom. The zero-order chi connectivity index (χ0) is 18.8. The van der Waals surface area contributed by atoms with Crippen molar-refractivity contribution in [3.63, 3.8) is 0 Å². The highest BCUT2D eigenvalue weighted by Gasteiger charge is 2.25. The van der Waals surface area contributed by atoms with Gasteiger partial charge in [0.2, 0.25) is 0 Å². The minimum atomic E-state index is -0.0762. The molecular weight excluding hydrogens is 338 g/mol. The Morgan fingerprint density at radius 1 is 1.22 bits per heavy atom. The summed E-state index contributed by atoms with van der Waals surface area (Å²) in [7, 11) is 1.86. The van der Waals surface area contributed by atoms with Crippen LogP contribution in [0.3, 0.4) is 0 Å². The highest BCUT2D eigenvalue weighted by Crippen LogP contribution is 2.25. The summed E-state index contributed by atoms with van der Waals surface area (Å²) in [5, 5.41) is 3.99. The van der Waals surface area contributed by atoms with Gasteiger partial charge >= 0.3 is 6.03 Å². The molecule has 0 spiro atoms. The first kappa shape index (κ1) is 17.5. The minimum absolute atomic E-state index is 0.0762. The molecule has 0 bridgehead atoms. The minimum Gasteiger partial charge on any atom is -0.461 e. The van der Waals surface area contributed by atoms with Gasteiger partial charge in [0.25, 0.3) is 0 Å². The van der Waals surface area contributed by atoms with Gasteiger partial charge in [-0.1, -0.05) is 18.2 Å². The SMILES string of the molecule is Cc1cc2cc(NC(=O)N(C)CC3CCN(c4ccccc4)C3)ccc2o1. The van der Waals surface area contributed by atoms with E-state index in [1.807, 2.05) is 44.3 Å². The number of anilines is 2. The predicted molar refractivity (Wildman–Crippen MR) is 109 cm³/mol. The number of para-hydroxylation sites is 1. The Hall–Kier alpha value is -2.95. The summed E-state index contributed by atoms with van der Waals surface area (Å²) < 4.78 is 5.58. The molecule has 5 nitrogen and oxygen atoms in total. The van der Waals surface area contributed by atoms with Gasteiger partial charge in [-0.15, -0.1) is 0 Å². The van der Waals surface area contributed by atoms with E-state index in [4.69, 9.17) is 4.42 Å². The van der Waals surface area contributed by atoms with E-state index in [0.717, 1.165) is 48.5 Å². The maximum absolute atomic E-state index is 12.6. The second kappa shape index (κ2) is 7.35. The van der Waals surface area contributed by atoms with E-state index in [-0.39, 0.29) is 6.03 Å². The van der Waals surface area contributed by atoms with Crippen molar-refractivity contribution in [3.05, 3.63) is 60.4 Å². The third-order valence-electron chi connectivity index (χ3n) is 5.18. The molecule has 2 heterocycles. The Bertz CT molecular complexity index is 935. The maximum atomic E-state index is 12.6. The molecule has 27 heavy (non-hydrogen) atoms. The van der Waals surface area contributed by atoms with E-state index >= 15 is 0 Å². The van der Waals surface area contributed by atoms with Gasteiger partial charge in [-0.25, -0.2) is 4.79 Å². The van der Waals surface area contributed by atoms with Gasteiger partial charge in [0, 0.05) is 43.4 Å². The molecule has 2 amide bonds. The summed E-state index contributed by atoms with van der Waals surface area (Å²) in [6.45, 7) is 4.71. The number of carbonyl (C=O) groups excluding carboxylic acids is 1. The monoisotopic (exact) mass is 363 g/mol. The lowest BCUT2D eigenvalue weighted by Gasteiger charge is -2.23. The third kappa shape index (κ3) is 3.92. The summed E-state index contributed by atoms with van der Waals surface area (Å²) >= 11 is 0. The number of hydrogen-bond acceptors (Lipinski definition) is 3. The highest BCUT2D eigenvalue weighted by molar-refractivity contribution is 5.92. The van der Waals surface area contributed by atoms with Crippen LogP contribution in [0, 0.1) is 12.8 Å². The molecule has 1 aliphatic rings. The van der Waals surface area contributed by atoms with Crippen LogP contribution in [0.2, 0.25) is 0 Å². The number of hydrogen-bond donors (Lipinski definition) is 1. The zero-order valence-electron chi connectivity index (χ0n) is 15.8. The number of rotatable bonds is 4. The number of benzene rings is 2. The van der Waals surface area contributed by atoms with Crippen molar-refractivity contribution in [1.29, 1.82) is 0 Å². The summed E-state index contributed by atoms with van der Waals surface area (Å²) in [5.74, 6) is 1.36. The summed E-state index contributed by atoms with van der Waals surface area (Å²) in [6, 6.07) is 18.1. The van der Waals surface area contributed by atoms with Crippen molar-refractivity contribution in [2.45, 2.75) is 13.3 Å². The van der Waals surface area contributed by atoms with E-state index in [0.29, 0.717) is 5.92 Å². The number of urea groups is 1. The Balaban J connectivity index is 1.33. The number of carbonyl (C=O) groups is 1. The average Bonchev–Trinajstić information content (AvgIpc) is 3.27. The van der Waals surface area contributed by atoms with Crippen LogP contribution in [0.1, 0.15) is 12.2 Å². The van der Waals surface area contributed by atoms with E-state index in [1.165, 1.54) is 5.69 Å². The normalized spacial score (nSPS) is 16.7. The molecule has 0 aliphatic carbocycles. The van der Waals surface area contributed by atoms with Gasteiger partial charge in [-0.05, 0) is 55.7 Å². The lowest BCUT2D eigenvalue weighted by Crippen LogP contribution is -2.36. The lowest BCUT2D eigenvalue weighted by atomic mass is 10.1. The van der Waals surface area contributed by atoms with Crippen molar-refractivity contribution >= 4 is 28.4 Å². The van der Waals surface area contributed by atoms with Crippen molar-refractivity contribution in [3.8, 4) is 0 Å². The van der Waals surface area contributed by atoms with Crippen LogP contribution < -0.4 is 10.2 Å². The van der Waals surface area contributed by atoms with E-state index in [1.54, 1.807) is 4.90 Å². The van der Waals surface area contributed by atoms with E-state index in [2.05, 4.69) is 34.5 Å². The molecule has 1 saturated heterocycles. The topological polar surface area (TPSA) is 48.7 Å². The fraction of sp³-hybridized carbons (Fsp3) is 0.318. The molecule has 1 atom stereocenters. The van der Waals surface area contributed by atoms with Crippen molar-refractivity contribution < 1.29 is 9.21 Å². The van der Waals surface area contributed by atoms with Crippen LogP contribution in [-0.4, -0.2) is 37.6 Å². The van der Waals surface area contributed by atoms with Crippen LogP contribution in [-0.2, 0) is 0 Å².